The molecular formula is C8H18O2. The maximum atomic E-state index is 8.79. The summed E-state index contributed by atoms with van der Waals surface area (Å²) in [5.41, 5.74) is 0. The average molecular weight is 146 g/mol. The van der Waals surface area contributed by atoms with Crippen molar-refractivity contribution in [3.05, 3.63) is 0 Å². The van der Waals surface area contributed by atoms with E-state index in [9.17, 15) is 0 Å². The van der Waals surface area contributed by atoms with E-state index in [4.69, 9.17) is 10.2 Å². The van der Waals surface area contributed by atoms with Gasteiger partial charge in [0, 0.05) is 13.2 Å². The molecule has 0 unspecified atom stereocenters. The fourth-order valence-corrected chi connectivity index (χ4v) is 1.01. The van der Waals surface area contributed by atoms with Crippen molar-refractivity contribution in [2.75, 3.05) is 13.2 Å². The minimum Gasteiger partial charge on any atom is -0.396 e. The van der Waals surface area contributed by atoms with E-state index >= 15 is 0 Å². The highest BCUT2D eigenvalue weighted by molar-refractivity contribution is 4.59. The fraction of sp³-hybridized carbons (Fsp3) is 1.00. The van der Waals surface area contributed by atoms with Crippen molar-refractivity contribution >= 4 is 0 Å². The van der Waals surface area contributed by atoms with Gasteiger partial charge in [-0.3, -0.25) is 0 Å². The topological polar surface area (TPSA) is 40.5 Å². The smallest absolute Gasteiger partial charge is 0.0459 e. The SMILES string of the molecule is CC[C@@H](CO)C[C@@H](C)CO. The number of aliphatic hydroxyl groups excluding tert-OH is 2. The first-order chi connectivity index (χ1) is 4.74. The van der Waals surface area contributed by atoms with Crippen LogP contribution in [0, 0.1) is 11.8 Å². The summed E-state index contributed by atoms with van der Waals surface area (Å²) in [5.74, 6) is 0.708. The Kier molecular flexibility index (Phi) is 5.64. The van der Waals surface area contributed by atoms with Crippen molar-refractivity contribution in [3.8, 4) is 0 Å². The van der Waals surface area contributed by atoms with Crippen molar-refractivity contribution in [3.63, 3.8) is 0 Å². The van der Waals surface area contributed by atoms with E-state index in [1.807, 2.05) is 6.92 Å². The molecule has 2 N–H and O–H groups in total. The molecule has 2 nitrogen and oxygen atoms in total. The number of aliphatic hydroxyl groups is 2. The van der Waals surface area contributed by atoms with Crippen LogP contribution < -0.4 is 0 Å². The van der Waals surface area contributed by atoms with E-state index in [1.54, 1.807) is 0 Å². The van der Waals surface area contributed by atoms with E-state index in [0.717, 1.165) is 12.8 Å². The van der Waals surface area contributed by atoms with E-state index < -0.39 is 0 Å². The van der Waals surface area contributed by atoms with Crippen LogP contribution in [-0.4, -0.2) is 23.4 Å². The van der Waals surface area contributed by atoms with Gasteiger partial charge in [0.05, 0.1) is 0 Å². The second-order valence-electron chi connectivity index (χ2n) is 2.98. The van der Waals surface area contributed by atoms with Gasteiger partial charge in [-0.05, 0) is 18.3 Å². The van der Waals surface area contributed by atoms with Gasteiger partial charge in [0.15, 0.2) is 0 Å². The molecule has 0 aliphatic rings. The number of rotatable bonds is 5. The molecule has 0 aliphatic carbocycles. The van der Waals surface area contributed by atoms with Crippen molar-refractivity contribution < 1.29 is 10.2 Å². The van der Waals surface area contributed by atoms with E-state index in [0.29, 0.717) is 11.8 Å². The van der Waals surface area contributed by atoms with Gasteiger partial charge >= 0.3 is 0 Å². The Labute approximate surface area is 62.9 Å². The Morgan fingerprint density at radius 3 is 2.10 bits per heavy atom. The van der Waals surface area contributed by atoms with Crippen LogP contribution in [0.4, 0.5) is 0 Å². The van der Waals surface area contributed by atoms with Crippen LogP contribution in [-0.2, 0) is 0 Å². The Morgan fingerprint density at radius 1 is 1.20 bits per heavy atom. The molecule has 0 heterocycles. The van der Waals surface area contributed by atoms with Crippen molar-refractivity contribution in [2.24, 2.45) is 11.8 Å². The van der Waals surface area contributed by atoms with Crippen LogP contribution in [0.5, 0.6) is 0 Å². The largest absolute Gasteiger partial charge is 0.396 e. The van der Waals surface area contributed by atoms with Crippen molar-refractivity contribution in [1.82, 2.24) is 0 Å². The Hall–Kier alpha value is -0.0800. The molecule has 0 saturated carbocycles. The first kappa shape index (κ1) is 9.92. The third-order valence-corrected chi connectivity index (χ3v) is 1.88. The first-order valence-electron chi connectivity index (χ1n) is 3.96. The average Bonchev–Trinajstić information content (AvgIpc) is 1.99. The monoisotopic (exact) mass is 146 g/mol. The summed E-state index contributed by atoms with van der Waals surface area (Å²) >= 11 is 0. The molecule has 62 valence electrons. The Balaban J connectivity index is 3.41. The summed E-state index contributed by atoms with van der Waals surface area (Å²) < 4.78 is 0. The summed E-state index contributed by atoms with van der Waals surface area (Å²) in [5, 5.41) is 17.5. The van der Waals surface area contributed by atoms with E-state index in [2.05, 4.69) is 6.92 Å². The minimum atomic E-state index is 0.233. The maximum absolute atomic E-state index is 8.79. The summed E-state index contributed by atoms with van der Waals surface area (Å²) in [6.07, 6.45) is 1.93. The highest BCUT2D eigenvalue weighted by atomic mass is 16.3. The highest BCUT2D eigenvalue weighted by Crippen LogP contribution is 2.13. The first-order valence-corrected chi connectivity index (χ1v) is 3.96. The molecule has 0 aromatic heterocycles. The van der Waals surface area contributed by atoms with Crippen molar-refractivity contribution in [2.45, 2.75) is 26.7 Å². The number of hydrogen-bond acceptors (Lipinski definition) is 2. The highest BCUT2D eigenvalue weighted by Gasteiger charge is 2.08. The maximum Gasteiger partial charge on any atom is 0.0459 e. The zero-order chi connectivity index (χ0) is 7.98. The molecule has 0 aromatic carbocycles. The summed E-state index contributed by atoms with van der Waals surface area (Å²) in [7, 11) is 0. The predicted octanol–water partition coefficient (Wildman–Crippen LogP) is 1.02. The second kappa shape index (κ2) is 5.69. The summed E-state index contributed by atoms with van der Waals surface area (Å²) in [4.78, 5) is 0. The van der Waals surface area contributed by atoms with Gasteiger partial charge < -0.3 is 10.2 Å². The molecule has 0 aliphatic heterocycles. The van der Waals surface area contributed by atoms with Crippen LogP contribution in [0.15, 0.2) is 0 Å². The van der Waals surface area contributed by atoms with Gasteiger partial charge in [-0.1, -0.05) is 20.3 Å². The third kappa shape index (κ3) is 3.85. The normalized spacial score (nSPS) is 16.8. The van der Waals surface area contributed by atoms with Gasteiger partial charge in [-0.2, -0.15) is 0 Å². The van der Waals surface area contributed by atoms with Crippen LogP contribution >= 0.6 is 0 Å². The van der Waals surface area contributed by atoms with E-state index in [-0.39, 0.29) is 13.2 Å². The number of hydrogen-bond donors (Lipinski definition) is 2. The van der Waals surface area contributed by atoms with Gasteiger partial charge in [0.25, 0.3) is 0 Å². The molecule has 2 heteroatoms. The molecule has 10 heavy (non-hydrogen) atoms. The van der Waals surface area contributed by atoms with Crippen LogP contribution in [0.3, 0.4) is 0 Å². The molecule has 0 bridgehead atoms. The third-order valence-electron chi connectivity index (χ3n) is 1.88. The molecule has 0 fully saturated rings. The Morgan fingerprint density at radius 2 is 1.80 bits per heavy atom. The summed E-state index contributed by atoms with van der Waals surface area (Å²) in [6, 6.07) is 0. The second-order valence-corrected chi connectivity index (χ2v) is 2.98. The van der Waals surface area contributed by atoms with Crippen molar-refractivity contribution in [1.29, 1.82) is 0 Å². The lowest BCUT2D eigenvalue weighted by atomic mass is 9.95. The molecule has 0 radical (unpaired) electrons. The van der Waals surface area contributed by atoms with Crippen LogP contribution in [0.25, 0.3) is 0 Å². The Bertz CT molecular complexity index is 69.7. The molecule has 0 saturated heterocycles. The van der Waals surface area contributed by atoms with Crippen LogP contribution in [0.1, 0.15) is 26.7 Å². The lowest BCUT2D eigenvalue weighted by Crippen LogP contribution is -2.12. The lowest BCUT2D eigenvalue weighted by Gasteiger charge is -2.14. The standard InChI is InChI=1S/C8H18O2/c1-3-8(6-10)4-7(2)5-9/h7-10H,3-6H2,1-2H3/t7-,8-/m1/s1. The van der Waals surface area contributed by atoms with Gasteiger partial charge in [-0.25, -0.2) is 0 Å². The minimum absolute atomic E-state index is 0.233. The molecule has 0 rings (SSSR count). The fourth-order valence-electron chi connectivity index (χ4n) is 1.01. The van der Waals surface area contributed by atoms with Gasteiger partial charge in [0.1, 0.15) is 0 Å². The van der Waals surface area contributed by atoms with Gasteiger partial charge in [0.2, 0.25) is 0 Å². The zero-order valence-corrected chi connectivity index (χ0v) is 6.88. The van der Waals surface area contributed by atoms with Gasteiger partial charge in [-0.15, -0.1) is 0 Å². The summed E-state index contributed by atoms with van der Waals surface area (Å²) in [6.45, 7) is 4.54. The molecular weight excluding hydrogens is 128 g/mol. The molecule has 0 amide bonds. The van der Waals surface area contributed by atoms with E-state index in [1.165, 1.54) is 0 Å². The molecule has 0 aromatic rings. The quantitative estimate of drug-likeness (QED) is 0.608. The zero-order valence-electron chi connectivity index (χ0n) is 6.88. The molecule has 2 atom stereocenters. The predicted molar refractivity (Wildman–Crippen MR) is 41.7 cm³/mol. The lowest BCUT2D eigenvalue weighted by molar-refractivity contribution is 0.166. The van der Waals surface area contributed by atoms with Crippen LogP contribution in [0.2, 0.25) is 0 Å². The molecule has 0 spiro atoms.